The normalized spacial score (nSPS) is 11.2. The zero-order valence-electron chi connectivity index (χ0n) is 13.4. The van der Waals surface area contributed by atoms with Gasteiger partial charge in [0.15, 0.2) is 0 Å². The van der Waals surface area contributed by atoms with Gasteiger partial charge in [-0.05, 0) is 63.6 Å². The molecular formula is C17H18ClFN2O2. The predicted molar refractivity (Wildman–Crippen MR) is 88.8 cm³/mol. The summed E-state index contributed by atoms with van der Waals surface area (Å²) in [6.45, 7) is 7.17. The molecule has 0 N–H and O–H groups in total. The van der Waals surface area contributed by atoms with Crippen molar-refractivity contribution >= 4 is 29.2 Å². The number of pyridine rings is 1. The van der Waals surface area contributed by atoms with Crippen LogP contribution in [0.15, 0.2) is 36.5 Å². The molecule has 1 heterocycles. The molecule has 1 aromatic heterocycles. The Labute approximate surface area is 139 Å². The summed E-state index contributed by atoms with van der Waals surface area (Å²) in [4.78, 5) is 18.1. The van der Waals surface area contributed by atoms with E-state index in [0.717, 1.165) is 11.6 Å². The maximum atomic E-state index is 13.3. The summed E-state index contributed by atoms with van der Waals surface area (Å²) in [6.07, 6.45) is 0.948. The lowest BCUT2D eigenvalue weighted by Crippen LogP contribution is -2.34. The van der Waals surface area contributed by atoms with E-state index in [0.29, 0.717) is 11.5 Å². The fraction of sp³-hybridized carbons (Fsp3) is 0.294. The standard InChI is InChI=1S/C17H18ClFN2O2/c1-11-7-8-20-15(9-11)21(16(22)23-17(2,3)4)14-6-5-12(19)10-13(14)18/h5-10H,1-4H3. The number of benzene rings is 1. The number of aromatic nitrogens is 1. The van der Waals surface area contributed by atoms with Gasteiger partial charge in [-0.3, -0.25) is 0 Å². The summed E-state index contributed by atoms with van der Waals surface area (Å²) >= 11 is 6.11. The summed E-state index contributed by atoms with van der Waals surface area (Å²) < 4.78 is 18.7. The zero-order valence-corrected chi connectivity index (χ0v) is 14.2. The molecular weight excluding hydrogens is 319 g/mol. The van der Waals surface area contributed by atoms with Crippen molar-refractivity contribution in [3.63, 3.8) is 0 Å². The van der Waals surface area contributed by atoms with E-state index in [1.54, 1.807) is 33.0 Å². The summed E-state index contributed by atoms with van der Waals surface area (Å²) in [7, 11) is 0. The molecule has 6 heteroatoms. The molecule has 2 aromatic rings. The van der Waals surface area contributed by atoms with Gasteiger partial charge >= 0.3 is 6.09 Å². The van der Waals surface area contributed by atoms with Gasteiger partial charge in [-0.2, -0.15) is 0 Å². The molecule has 23 heavy (non-hydrogen) atoms. The van der Waals surface area contributed by atoms with E-state index >= 15 is 0 Å². The number of carbonyl (C=O) groups is 1. The van der Waals surface area contributed by atoms with Gasteiger partial charge in [0.2, 0.25) is 0 Å². The van der Waals surface area contributed by atoms with Gasteiger partial charge in [0.25, 0.3) is 0 Å². The number of hydrogen-bond acceptors (Lipinski definition) is 3. The first-order valence-corrected chi connectivity index (χ1v) is 7.46. The topological polar surface area (TPSA) is 42.4 Å². The van der Waals surface area contributed by atoms with Gasteiger partial charge in [0.1, 0.15) is 17.2 Å². The fourth-order valence-corrected chi connectivity index (χ4v) is 2.18. The second-order valence-corrected chi connectivity index (χ2v) is 6.51. The molecule has 0 fully saturated rings. The van der Waals surface area contributed by atoms with Crippen LogP contribution in [0.3, 0.4) is 0 Å². The second kappa shape index (κ2) is 6.54. The third-order valence-corrected chi connectivity index (χ3v) is 3.16. The van der Waals surface area contributed by atoms with E-state index in [4.69, 9.17) is 16.3 Å². The molecule has 0 aliphatic heterocycles. The number of hydrogen-bond donors (Lipinski definition) is 0. The number of carbonyl (C=O) groups excluding carboxylic acids is 1. The van der Waals surface area contributed by atoms with Crippen LogP contribution in [0.1, 0.15) is 26.3 Å². The molecule has 0 saturated heterocycles. The number of amides is 1. The Bertz CT molecular complexity index is 729. The fourth-order valence-electron chi connectivity index (χ4n) is 1.93. The minimum atomic E-state index is -0.689. The summed E-state index contributed by atoms with van der Waals surface area (Å²) in [5, 5.41) is 0.0964. The molecule has 0 bridgehead atoms. The highest BCUT2D eigenvalue weighted by molar-refractivity contribution is 6.34. The van der Waals surface area contributed by atoms with E-state index in [2.05, 4.69) is 4.98 Å². The lowest BCUT2D eigenvalue weighted by atomic mass is 10.2. The maximum Gasteiger partial charge on any atom is 0.420 e. The number of rotatable bonds is 2. The van der Waals surface area contributed by atoms with Gasteiger partial charge in [-0.1, -0.05) is 11.6 Å². The van der Waals surface area contributed by atoms with E-state index in [9.17, 15) is 9.18 Å². The number of ether oxygens (including phenoxy) is 1. The van der Waals surface area contributed by atoms with Gasteiger partial charge < -0.3 is 4.74 Å². The van der Waals surface area contributed by atoms with Gasteiger partial charge in [-0.25, -0.2) is 19.1 Å². The molecule has 0 radical (unpaired) electrons. The number of aryl methyl sites for hydroxylation is 1. The average Bonchev–Trinajstić information content (AvgIpc) is 2.39. The molecule has 0 spiro atoms. The summed E-state index contributed by atoms with van der Waals surface area (Å²) in [5.74, 6) is -0.132. The van der Waals surface area contributed by atoms with Crippen molar-refractivity contribution in [2.75, 3.05) is 4.90 Å². The van der Waals surface area contributed by atoms with Crippen LogP contribution in [0, 0.1) is 12.7 Å². The Morgan fingerprint density at radius 3 is 2.52 bits per heavy atom. The largest absolute Gasteiger partial charge is 0.443 e. The Morgan fingerprint density at radius 1 is 1.26 bits per heavy atom. The van der Waals surface area contributed by atoms with Crippen molar-refractivity contribution in [1.82, 2.24) is 4.98 Å². The molecule has 1 aromatic carbocycles. The van der Waals surface area contributed by atoms with E-state index in [1.165, 1.54) is 17.0 Å². The quantitative estimate of drug-likeness (QED) is 0.751. The summed E-state index contributed by atoms with van der Waals surface area (Å²) in [5.41, 5.74) is 0.535. The molecule has 0 unspecified atom stereocenters. The molecule has 0 aliphatic rings. The van der Waals surface area contributed by atoms with Crippen LogP contribution in [0.5, 0.6) is 0 Å². The van der Waals surface area contributed by atoms with Gasteiger partial charge in [0, 0.05) is 6.20 Å². The lowest BCUT2D eigenvalue weighted by molar-refractivity contribution is 0.0598. The minimum Gasteiger partial charge on any atom is -0.443 e. The third kappa shape index (κ3) is 4.42. The average molecular weight is 337 g/mol. The van der Waals surface area contributed by atoms with Crippen LogP contribution in [0.25, 0.3) is 0 Å². The molecule has 1 amide bonds. The van der Waals surface area contributed by atoms with E-state index < -0.39 is 17.5 Å². The molecule has 122 valence electrons. The maximum absolute atomic E-state index is 13.3. The SMILES string of the molecule is Cc1ccnc(N(C(=O)OC(C)(C)C)c2ccc(F)cc2Cl)c1. The predicted octanol–water partition coefficient (Wildman–Crippen LogP) is 5.26. The summed E-state index contributed by atoms with van der Waals surface area (Å²) in [6, 6.07) is 7.33. The molecule has 0 aliphatic carbocycles. The van der Waals surface area contributed by atoms with E-state index in [1.807, 2.05) is 13.0 Å². The van der Waals surface area contributed by atoms with Crippen molar-refractivity contribution in [3.8, 4) is 0 Å². The van der Waals surface area contributed by atoms with Crippen molar-refractivity contribution in [3.05, 3.63) is 52.9 Å². The van der Waals surface area contributed by atoms with Gasteiger partial charge in [0.05, 0.1) is 10.7 Å². The van der Waals surface area contributed by atoms with E-state index in [-0.39, 0.29) is 5.02 Å². The van der Waals surface area contributed by atoms with Gasteiger partial charge in [-0.15, -0.1) is 0 Å². The van der Waals surface area contributed by atoms with Crippen LogP contribution in [-0.4, -0.2) is 16.7 Å². The van der Waals surface area contributed by atoms with Crippen molar-refractivity contribution in [1.29, 1.82) is 0 Å². The first-order chi connectivity index (χ1) is 10.7. The highest BCUT2D eigenvalue weighted by atomic mass is 35.5. The van der Waals surface area contributed by atoms with Crippen molar-refractivity contribution in [2.24, 2.45) is 0 Å². The zero-order chi connectivity index (χ0) is 17.2. The number of anilines is 2. The lowest BCUT2D eigenvalue weighted by Gasteiger charge is -2.27. The Balaban J connectivity index is 2.53. The van der Waals surface area contributed by atoms with Crippen LogP contribution in [0.4, 0.5) is 20.7 Å². The second-order valence-electron chi connectivity index (χ2n) is 6.10. The number of nitrogens with zero attached hydrogens (tertiary/aromatic N) is 2. The Kier molecular flexibility index (Phi) is 4.90. The van der Waals surface area contributed by atoms with Crippen LogP contribution >= 0.6 is 11.6 Å². The molecule has 2 rings (SSSR count). The third-order valence-electron chi connectivity index (χ3n) is 2.86. The first-order valence-electron chi connectivity index (χ1n) is 7.08. The molecule has 4 nitrogen and oxygen atoms in total. The number of halogens is 2. The first kappa shape index (κ1) is 17.2. The Hall–Kier alpha value is -2.14. The monoisotopic (exact) mass is 336 g/mol. The minimum absolute atomic E-state index is 0.0964. The highest BCUT2D eigenvalue weighted by Gasteiger charge is 2.27. The smallest absolute Gasteiger partial charge is 0.420 e. The van der Waals surface area contributed by atoms with Crippen molar-refractivity contribution < 1.29 is 13.9 Å². The van der Waals surface area contributed by atoms with Crippen molar-refractivity contribution in [2.45, 2.75) is 33.3 Å². The van der Waals surface area contributed by atoms with Crippen LogP contribution in [0.2, 0.25) is 5.02 Å². The van der Waals surface area contributed by atoms with Crippen LogP contribution in [-0.2, 0) is 4.74 Å². The highest BCUT2D eigenvalue weighted by Crippen LogP contribution is 2.33. The Morgan fingerprint density at radius 2 is 1.96 bits per heavy atom. The molecule has 0 saturated carbocycles. The molecule has 0 atom stereocenters. The van der Waals surface area contributed by atoms with Crippen LogP contribution < -0.4 is 4.90 Å².